The van der Waals surface area contributed by atoms with Crippen molar-refractivity contribution in [2.24, 2.45) is 5.92 Å². The number of hydrogen-bond donors (Lipinski definition) is 2. The Morgan fingerprint density at radius 2 is 2.14 bits per heavy atom. The summed E-state index contributed by atoms with van der Waals surface area (Å²) in [6.07, 6.45) is 1.57. The molecule has 6 heteroatoms. The van der Waals surface area contributed by atoms with Crippen molar-refractivity contribution in [3.05, 3.63) is 24.3 Å². The summed E-state index contributed by atoms with van der Waals surface area (Å²) in [5.41, 5.74) is 0. The van der Waals surface area contributed by atoms with Gasteiger partial charge in [-0.2, -0.15) is 0 Å². The molecule has 0 bridgehead atoms. The second kappa shape index (κ2) is 7.52. The lowest BCUT2D eigenvalue weighted by atomic mass is 10.0. The van der Waals surface area contributed by atoms with E-state index in [2.05, 4.69) is 10.6 Å². The van der Waals surface area contributed by atoms with Crippen LogP contribution in [-0.4, -0.2) is 38.3 Å². The van der Waals surface area contributed by atoms with Crippen molar-refractivity contribution in [3.8, 4) is 11.5 Å². The van der Waals surface area contributed by atoms with E-state index < -0.39 is 0 Å². The third kappa shape index (κ3) is 4.25. The first kappa shape index (κ1) is 15.9. The smallest absolute Gasteiger partial charge is 0.220 e. The van der Waals surface area contributed by atoms with Crippen LogP contribution in [0.4, 0.5) is 0 Å². The van der Waals surface area contributed by atoms with Crippen LogP contribution >= 0.6 is 12.4 Å². The van der Waals surface area contributed by atoms with Crippen LogP contribution in [-0.2, 0) is 4.79 Å². The molecule has 0 spiro atoms. The summed E-state index contributed by atoms with van der Waals surface area (Å²) in [5, 5.41) is 6.21. The number of benzene rings is 1. The lowest BCUT2D eigenvalue weighted by Gasteiger charge is -2.26. The monoisotopic (exact) mass is 312 g/mol. The Hall–Kier alpha value is -1.46. The van der Waals surface area contributed by atoms with Gasteiger partial charge in [0, 0.05) is 6.42 Å². The number of carbonyl (C=O) groups excluding carboxylic acids is 1. The molecule has 3 rings (SSSR count). The fourth-order valence-electron chi connectivity index (χ4n) is 2.61. The van der Waals surface area contributed by atoms with Gasteiger partial charge in [0.15, 0.2) is 11.5 Å². The molecular weight excluding hydrogens is 292 g/mol. The number of hydrogen-bond acceptors (Lipinski definition) is 4. The third-order valence-corrected chi connectivity index (χ3v) is 3.73. The Kier molecular flexibility index (Phi) is 5.70. The average molecular weight is 313 g/mol. The van der Waals surface area contributed by atoms with Gasteiger partial charge in [-0.25, -0.2) is 0 Å². The van der Waals surface area contributed by atoms with Gasteiger partial charge in [0.05, 0.1) is 6.54 Å². The molecule has 0 radical (unpaired) electrons. The van der Waals surface area contributed by atoms with Gasteiger partial charge < -0.3 is 20.1 Å². The first-order valence-electron chi connectivity index (χ1n) is 7.17. The molecular formula is C15H21ClN2O3. The van der Waals surface area contributed by atoms with Crippen molar-refractivity contribution in [3.63, 3.8) is 0 Å². The fourth-order valence-corrected chi connectivity index (χ4v) is 2.61. The van der Waals surface area contributed by atoms with Crippen molar-refractivity contribution in [1.29, 1.82) is 0 Å². The van der Waals surface area contributed by atoms with E-state index in [0.29, 0.717) is 25.5 Å². The molecule has 5 nitrogen and oxygen atoms in total. The fraction of sp³-hybridized carbons (Fsp3) is 0.533. The molecule has 0 saturated carbocycles. The van der Waals surface area contributed by atoms with Crippen molar-refractivity contribution in [1.82, 2.24) is 10.6 Å². The van der Waals surface area contributed by atoms with Crippen LogP contribution in [0.25, 0.3) is 0 Å². The standard InChI is InChI=1S/C15H20N2O3.ClH/c18-15(7-11-5-6-16-8-11)17-9-12-10-19-13-3-1-2-4-14(13)20-12;/h1-4,11-12,16H,5-10H2,(H,17,18);1H. The summed E-state index contributed by atoms with van der Waals surface area (Å²) in [7, 11) is 0. The number of amides is 1. The summed E-state index contributed by atoms with van der Waals surface area (Å²) in [5.74, 6) is 2.09. The highest BCUT2D eigenvalue weighted by atomic mass is 35.5. The van der Waals surface area contributed by atoms with Crippen LogP contribution in [0.2, 0.25) is 0 Å². The van der Waals surface area contributed by atoms with Crippen LogP contribution in [0.15, 0.2) is 24.3 Å². The molecule has 1 aromatic carbocycles. The van der Waals surface area contributed by atoms with Crippen LogP contribution in [0.5, 0.6) is 11.5 Å². The average Bonchev–Trinajstić information content (AvgIpc) is 2.98. The topological polar surface area (TPSA) is 59.6 Å². The Morgan fingerprint density at radius 3 is 2.90 bits per heavy atom. The maximum absolute atomic E-state index is 11.9. The highest BCUT2D eigenvalue weighted by Gasteiger charge is 2.22. The van der Waals surface area contributed by atoms with E-state index in [1.807, 2.05) is 24.3 Å². The number of carbonyl (C=O) groups is 1. The number of fused-ring (bicyclic) bond motifs is 1. The van der Waals surface area contributed by atoms with Crippen LogP contribution in [0, 0.1) is 5.92 Å². The zero-order chi connectivity index (χ0) is 13.8. The lowest BCUT2D eigenvalue weighted by molar-refractivity contribution is -0.122. The SMILES string of the molecule is Cl.O=C(CC1CCNC1)NCC1COc2ccccc2O1. The summed E-state index contributed by atoms with van der Waals surface area (Å²) in [6.45, 7) is 2.94. The van der Waals surface area contributed by atoms with Crippen LogP contribution in [0.1, 0.15) is 12.8 Å². The van der Waals surface area contributed by atoms with Crippen molar-refractivity contribution >= 4 is 18.3 Å². The van der Waals surface area contributed by atoms with Gasteiger partial charge >= 0.3 is 0 Å². The normalized spacial score (nSPS) is 23.2. The maximum Gasteiger partial charge on any atom is 0.220 e. The first-order chi connectivity index (χ1) is 9.81. The Bertz CT molecular complexity index is 478. The molecule has 1 fully saturated rings. The van der Waals surface area contributed by atoms with E-state index in [0.717, 1.165) is 31.0 Å². The van der Waals surface area contributed by atoms with Gasteiger partial charge in [-0.3, -0.25) is 4.79 Å². The highest BCUT2D eigenvalue weighted by Crippen LogP contribution is 2.30. The zero-order valence-electron chi connectivity index (χ0n) is 11.8. The molecule has 2 aliphatic rings. The second-order valence-electron chi connectivity index (χ2n) is 5.36. The molecule has 1 aromatic rings. The lowest BCUT2D eigenvalue weighted by Crippen LogP contribution is -2.41. The summed E-state index contributed by atoms with van der Waals surface area (Å²) >= 11 is 0. The number of para-hydroxylation sites is 2. The van der Waals surface area contributed by atoms with Gasteiger partial charge in [-0.15, -0.1) is 12.4 Å². The minimum absolute atomic E-state index is 0. The molecule has 0 aromatic heterocycles. The molecule has 2 unspecified atom stereocenters. The van der Waals surface area contributed by atoms with E-state index in [4.69, 9.17) is 9.47 Å². The molecule has 2 atom stereocenters. The Labute approximate surface area is 130 Å². The third-order valence-electron chi connectivity index (χ3n) is 3.73. The minimum atomic E-state index is -0.115. The van der Waals surface area contributed by atoms with Crippen molar-refractivity contribution in [2.75, 3.05) is 26.2 Å². The molecule has 0 aliphatic carbocycles. The van der Waals surface area contributed by atoms with Gasteiger partial charge in [0.25, 0.3) is 0 Å². The first-order valence-corrected chi connectivity index (χ1v) is 7.17. The molecule has 2 N–H and O–H groups in total. The van der Waals surface area contributed by atoms with Crippen molar-refractivity contribution < 1.29 is 14.3 Å². The number of nitrogens with one attached hydrogen (secondary N) is 2. The summed E-state index contributed by atoms with van der Waals surface area (Å²) in [4.78, 5) is 11.9. The minimum Gasteiger partial charge on any atom is -0.486 e. The van der Waals surface area contributed by atoms with E-state index in [1.165, 1.54) is 0 Å². The van der Waals surface area contributed by atoms with Gasteiger partial charge in [0.2, 0.25) is 5.91 Å². The van der Waals surface area contributed by atoms with Gasteiger partial charge in [0.1, 0.15) is 12.7 Å². The van der Waals surface area contributed by atoms with E-state index in [1.54, 1.807) is 0 Å². The van der Waals surface area contributed by atoms with E-state index >= 15 is 0 Å². The molecule has 1 amide bonds. The number of rotatable bonds is 4. The molecule has 2 aliphatic heterocycles. The van der Waals surface area contributed by atoms with Crippen LogP contribution in [0.3, 0.4) is 0 Å². The Morgan fingerprint density at radius 1 is 1.33 bits per heavy atom. The van der Waals surface area contributed by atoms with Gasteiger partial charge in [-0.1, -0.05) is 12.1 Å². The zero-order valence-corrected chi connectivity index (χ0v) is 12.7. The quantitative estimate of drug-likeness (QED) is 0.881. The molecule has 21 heavy (non-hydrogen) atoms. The summed E-state index contributed by atoms with van der Waals surface area (Å²) in [6, 6.07) is 7.60. The van der Waals surface area contributed by atoms with Crippen molar-refractivity contribution in [2.45, 2.75) is 18.9 Å². The van der Waals surface area contributed by atoms with E-state index in [9.17, 15) is 4.79 Å². The number of halogens is 1. The molecule has 116 valence electrons. The summed E-state index contributed by atoms with van der Waals surface area (Å²) < 4.78 is 11.4. The predicted octanol–water partition coefficient (Wildman–Crippen LogP) is 1.36. The largest absolute Gasteiger partial charge is 0.486 e. The highest BCUT2D eigenvalue weighted by molar-refractivity contribution is 5.85. The van der Waals surface area contributed by atoms with Crippen LogP contribution < -0.4 is 20.1 Å². The second-order valence-corrected chi connectivity index (χ2v) is 5.36. The molecule has 1 saturated heterocycles. The maximum atomic E-state index is 11.9. The predicted molar refractivity (Wildman–Crippen MR) is 82.2 cm³/mol. The van der Waals surface area contributed by atoms with E-state index in [-0.39, 0.29) is 24.4 Å². The molecule has 2 heterocycles. The number of ether oxygens (including phenoxy) is 2. The van der Waals surface area contributed by atoms with Gasteiger partial charge in [-0.05, 0) is 37.6 Å². The Balaban J connectivity index is 0.00000161.